The number of halogens is 2. The second kappa shape index (κ2) is 8.33. The maximum atomic E-state index is 12.6. The van der Waals surface area contributed by atoms with Gasteiger partial charge in [-0.1, -0.05) is 0 Å². The first-order valence-corrected chi connectivity index (χ1v) is 9.91. The van der Waals surface area contributed by atoms with Gasteiger partial charge in [0.05, 0.1) is 18.4 Å². The summed E-state index contributed by atoms with van der Waals surface area (Å²) in [6.45, 7) is 5.87. The number of nitrogens with zero attached hydrogens (tertiary/aromatic N) is 5. The van der Waals surface area contributed by atoms with Crippen LogP contribution in [0.4, 0.5) is 14.6 Å². The number of aliphatic imine (C=N–C) groups is 1. The second-order valence-corrected chi connectivity index (χ2v) is 7.53. The molecule has 0 spiro atoms. The molecular weight excluding hydrogens is 392 g/mol. The number of hydrogen-bond donors (Lipinski definition) is 0. The number of fused-ring (bicyclic) bond motifs is 1. The molecule has 1 saturated heterocycles. The smallest absolute Gasteiger partial charge is 0.315 e. The number of rotatable bonds is 5. The Bertz CT molecular complexity index is 972. The SMILES string of the molecule is CC(C)Oc1cc2c(cn1)CN=C2c1ccnc(N2CCN(C(=O)C(F)F)CC2)c1. The number of carbonyl (C=O) groups excluding carboxylic acids is 1. The van der Waals surface area contributed by atoms with Gasteiger partial charge in [-0.05, 0) is 26.0 Å². The first kappa shape index (κ1) is 20.2. The van der Waals surface area contributed by atoms with Gasteiger partial charge in [0.2, 0.25) is 5.88 Å². The Morgan fingerprint density at radius 2 is 1.90 bits per heavy atom. The summed E-state index contributed by atoms with van der Waals surface area (Å²) in [6, 6.07) is 5.76. The van der Waals surface area contributed by atoms with Gasteiger partial charge in [-0.2, -0.15) is 8.78 Å². The summed E-state index contributed by atoms with van der Waals surface area (Å²) in [4.78, 5) is 28.1. The fourth-order valence-corrected chi connectivity index (χ4v) is 3.65. The Hall–Kier alpha value is -3.10. The third kappa shape index (κ3) is 4.10. The van der Waals surface area contributed by atoms with Crippen LogP contribution < -0.4 is 9.64 Å². The number of pyridine rings is 2. The molecule has 1 fully saturated rings. The van der Waals surface area contributed by atoms with Crippen molar-refractivity contribution in [3.8, 4) is 5.88 Å². The van der Waals surface area contributed by atoms with E-state index < -0.39 is 12.3 Å². The number of hydrogen-bond acceptors (Lipinski definition) is 6. The Kier molecular flexibility index (Phi) is 5.61. The molecule has 7 nitrogen and oxygen atoms in total. The molecule has 0 unspecified atom stereocenters. The van der Waals surface area contributed by atoms with Gasteiger partial charge in [0.25, 0.3) is 5.91 Å². The quantitative estimate of drug-likeness (QED) is 0.751. The highest BCUT2D eigenvalue weighted by atomic mass is 19.3. The lowest BCUT2D eigenvalue weighted by Crippen LogP contribution is -2.50. The van der Waals surface area contributed by atoms with Gasteiger partial charge in [-0.25, -0.2) is 9.97 Å². The van der Waals surface area contributed by atoms with Crippen LogP contribution >= 0.6 is 0 Å². The Balaban J connectivity index is 1.51. The number of anilines is 1. The van der Waals surface area contributed by atoms with Crippen molar-refractivity contribution < 1.29 is 18.3 Å². The molecule has 0 radical (unpaired) electrons. The first-order chi connectivity index (χ1) is 14.4. The lowest BCUT2D eigenvalue weighted by Gasteiger charge is -2.35. The topological polar surface area (TPSA) is 70.9 Å². The van der Waals surface area contributed by atoms with E-state index in [0.717, 1.165) is 28.2 Å². The third-order valence-electron chi connectivity index (χ3n) is 5.10. The largest absolute Gasteiger partial charge is 0.475 e. The molecule has 2 aromatic rings. The van der Waals surface area contributed by atoms with Crippen LogP contribution in [0, 0.1) is 0 Å². The molecule has 0 aromatic carbocycles. The number of carbonyl (C=O) groups is 1. The number of amides is 1. The average molecular weight is 415 g/mol. The van der Waals surface area contributed by atoms with Gasteiger partial charge in [0.1, 0.15) is 5.82 Å². The summed E-state index contributed by atoms with van der Waals surface area (Å²) in [5.41, 5.74) is 3.81. The van der Waals surface area contributed by atoms with Crippen LogP contribution in [-0.2, 0) is 11.3 Å². The van der Waals surface area contributed by atoms with Crippen LogP contribution in [0.15, 0.2) is 35.6 Å². The monoisotopic (exact) mass is 415 g/mol. The van der Waals surface area contributed by atoms with Crippen molar-refractivity contribution in [3.05, 3.63) is 47.3 Å². The van der Waals surface area contributed by atoms with E-state index in [0.29, 0.717) is 25.5 Å². The van der Waals surface area contributed by atoms with E-state index in [4.69, 9.17) is 4.74 Å². The number of aromatic nitrogens is 2. The Labute approximate surface area is 173 Å². The van der Waals surface area contributed by atoms with Crippen LogP contribution in [0.3, 0.4) is 0 Å². The van der Waals surface area contributed by atoms with Crippen molar-refractivity contribution in [1.29, 1.82) is 0 Å². The summed E-state index contributed by atoms with van der Waals surface area (Å²) in [7, 11) is 0. The van der Waals surface area contributed by atoms with Gasteiger partial charge >= 0.3 is 6.43 Å². The molecule has 0 N–H and O–H groups in total. The van der Waals surface area contributed by atoms with Crippen LogP contribution in [0.5, 0.6) is 5.88 Å². The van der Waals surface area contributed by atoms with E-state index >= 15 is 0 Å². The molecule has 0 saturated carbocycles. The Morgan fingerprint density at radius 3 is 2.60 bits per heavy atom. The fraction of sp³-hybridized carbons (Fsp3) is 0.429. The minimum absolute atomic E-state index is 0.0282. The molecule has 1 amide bonds. The summed E-state index contributed by atoms with van der Waals surface area (Å²) >= 11 is 0. The first-order valence-electron chi connectivity index (χ1n) is 9.91. The number of ether oxygens (including phenoxy) is 1. The molecule has 158 valence electrons. The van der Waals surface area contributed by atoms with Gasteiger partial charge in [0, 0.05) is 61.3 Å². The van der Waals surface area contributed by atoms with Crippen molar-refractivity contribution >= 4 is 17.4 Å². The van der Waals surface area contributed by atoms with Crippen LogP contribution in [0.1, 0.15) is 30.5 Å². The van der Waals surface area contributed by atoms with E-state index in [1.165, 1.54) is 4.90 Å². The van der Waals surface area contributed by atoms with Crippen LogP contribution in [-0.4, -0.2) is 65.2 Å². The molecule has 2 aliphatic rings. The highest BCUT2D eigenvalue weighted by Gasteiger charge is 2.28. The van der Waals surface area contributed by atoms with E-state index in [9.17, 15) is 13.6 Å². The van der Waals surface area contributed by atoms with Crippen LogP contribution in [0.2, 0.25) is 0 Å². The average Bonchev–Trinajstić information content (AvgIpc) is 3.16. The zero-order valence-electron chi connectivity index (χ0n) is 16.9. The molecular formula is C21H23F2N5O2. The lowest BCUT2D eigenvalue weighted by atomic mass is 10.0. The standard InChI is InChI=1S/C21H23F2N5O2/c1-13(2)30-18-10-16-15(11-25-18)12-26-19(16)14-3-4-24-17(9-14)27-5-7-28(8-6-27)21(29)20(22)23/h3-4,9-11,13,20H,5-8,12H2,1-2H3. The van der Waals surface area contributed by atoms with Gasteiger partial charge in [0.15, 0.2) is 0 Å². The van der Waals surface area contributed by atoms with Gasteiger partial charge in [-0.3, -0.25) is 9.79 Å². The maximum absolute atomic E-state index is 12.6. The summed E-state index contributed by atoms with van der Waals surface area (Å²) in [5.74, 6) is 0.189. The molecule has 4 heterocycles. The van der Waals surface area contributed by atoms with E-state index in [2.05, 4.69) is 15.0 Å². The molecule has 9 heteroatoms. The third-order valence-corrected chi connectivity index (χ3v) is 5.10. The normalized spacial score (nSPS) is 16.1. The van der Waals surface area contributed by atoms with E-state index in [1.54, 1.807) is 12.4 Å². The molecule has 2 aromatic heterocycles. The molecule has 0 bridgehead atoms. The fourth-order valence-electron chi connectivity index (χ4n) is 3.65. The van der Waals surface area contributed by atoms with E-state index in [1.807, 2.05) is 36.9 Å². The van der Waals surface area contributed by atoms with Crippen molar-refractivity contribution in [2.45, 2.75) is 32.9 Å². The Morgan fingerprint density at radius 1 is 1.13 bits per heavy atom. The van der Waals surface area contributed by atoms with Crippen LogP contribution in [0.25, 0.3) is 0 Å². The predicted molar refractivity (Wildman–Crippen MR) is 108 cm³/mol. The van der Waals surface area contributed by atoms with Crippen molar-refractivity contribution in [2.24, 2.45) is 4.99 Å². The van der Waals surface area contributed by atoms with Crippen molar-refractivity contribution in [1.82, 2.24) is 14.9 Å². The zero-order chi connectivity index (χ0) is 21.3. The molecule has 0 atom stereocenters. The maximum Gasteiger partial charge on any atom is 0.315 e. The van der Waals surface area contributed by atoms with Crippen molar-refractivity contribution in [3.63, 3.8) is 0 Å². The number of piperazine rings is 1. The molecule has 2 aliphatic heterocycles. The lowest BCUT2D eigenvalue weighted by molar-refractivity contribution is -0.143. The summed E-state index contributed by atoms with van der Waals surface area (Å²) in [6.07, 6.45) is 0.581. The highest BCUT2D eigenvalue weighted by molar-refractivity contribution is 6.15. The second-order valence-electron chi connectivity index (χ2n) is 7.53. The number of alkyl halides is 2. The molecule has 30 heavy (non-hydrogen) atoms. The summed E-state index contributed by atoms with van der Waals surface area (Å²) < 4.78 is 31.0. The molecule has 4 rings (SSSR count). The minimum Gasteiger partial charge on any atom is -0.475 e. The van der Waals surface area contributed by atoms with E-state index in [-0.39, 0.29) is 19.2 Å². The highest BCUT2D eigenvalue weighted by Crippen LogP contribution is 2.27. The minimum atomic E-state index is -2.96. The van der Waals surface area contributed by atoms with Crippen molar-refractivity contribution in [2.75, 3.05) is 31.1 Å². The predicted octanol–water partition coefficient (Wildman–Crippen LogP) is 2.53. The molecule has 0 aliphatic carbocycles. The zero-order valence-corrected chi connectivity index (χ0v) is 16.9. The van der Waals surface area contributed by atoms with Gasteiger partial charge in [-0.15, -0.1) is 0 Å². The summed E-state index contributed by atoms with van der Waals surface area (Å²) in [5, 5.41) is 0. The van der Waals surface area contributed by atoms with Gasteiger partial charge < -0.3 is 14.5 Å².